The molecule has 0 aliphatic rings. The lowest BCUT2D eigenvalue weighted by Crippen LogP contribution is -1.91. The maximum atomic E-state index is 13.5. The quantitative estimate of drug-likeness (QED) is 0.714. The summed E-state index contributed by atoms with van der Waals surface area (Å²) in [5, 5.41) is 8.69. The first-order chi connectivity index (χ1) is 7.72. The lowest BCUT2D eigenvalue weighted by atomic mass is 10.0. The van der Waals surface area contributed by atoms with E-state index >= 15 is 0 Å². The van der Waals surface area contributed by atoms with Crippen LogP contribution >= 0.6 is 0 Å². The third-order valence-corrected chi connectivity index (χ3v) is 2.24. The second kappa shape index (κ2) is 4.11. The van der Waals surface area contributed by atoms with Crippen molar-refractivity contribution in [1.29, 1.82) is 5.26 Å². The highest BCUT2D eigenvalue weighted by molar-refractivity contribution is 5.66. The van der Waals surface area contributed by atoms with Crippen LogP contribution in [0, 0.1) is 23.0 Å². The molecule has 2 aromatic rings. The molecule has 0 N–H and O–H groups in total. The van der Waals surface area contributed by atoms with Crippen LogP contribution in [-0.4, -0.2) is 0 Å². The number of halogens is 2. The van der Waals surface area contributed by atoms with Crippen LogP contribution in [-0.2, 0) is 0 Å². The van der Waals surface area contributed by atoms with Gasteiger partial charge in [-0.3, -0.25) is 0 Å². The van der Waals surface area contributed by atoms with E-state index in [1.54, 1.807) is 36.4 Å². The van der Waals surface area contributed by atoms with Gasteiger partial charge in [-0.2, -0.15) is 5.26 Å². The highest BCUT2D eigenvalue weighted by Gasteiger charge is 2.11. The Labute approximate surface area is 91.6 Å². The zero-order valence-corrected chi connectivity index (χ0v) is 8.24. The summed E-state index contributed by atoms with van der Waals surface area (Å²) >= 11 is 0. The van der Waals surface area contributed by atoms with Gasteiger partial charge in [-0.15, -0.1) is 0 Å². The van der Waals surface area contributed by atoms with Crippen LogP contribution in [0.25, 0.3) is 11.1 Å². The summed E-state index contributed by atoms with van der Waals surface area (Å²) in [6.07, 6.45) is 0. The molecule has 16 heavy (non-hydrogen) atoms. The smallest absolute Gasteiger partial charge is 0.166 e. The van der Waals surface area contributed by atoms with E-state index in [0.29, 0.717) is 5.56 Å². The predicted octanol–water partition coefficient (Wildman–Crippen LogP) is 3.50. The van der Waals surface area contributed by atoms with E-state index in [1.165, 1.54) is 6.07 Å². The number of hydrogen-bond acceptors (Lipinski definition) is 1. The third-order valence-electron chi connectivity index (χ3n) is 2.24. The molecule has 0 unspecified atom stereocenters. The summed E-state index contributed by atoms with van der Waals surface area (Å²) in [6, 6.07) is 12.6. The molecule has 0 saturated heterocycles. The van der Waals surface area contributed by atoms with Crippen molar-refractivity contribution >= 4 is 0 Å². The Kier molecular flexibility index (Phi) is 2.65. The zero-order valence-electron chi connectivity index (χ0n) is 8.24. The molecular weight excluding hydrogens is 208 g/mol. The number of benzene rings is 2. The van der Waals surface area contributed by atoms with Gasteiger partial charge in [0.25, 0.3) is 0 Å². The molecule has 2 rings (SSSR count). The maximum Gasteiger partial charge on any atom is 0.166 e. The van der Waals surface area contributed by atoms with Gasteiger partial charge in [-0.05, 0) is 17.7 Å². The molecule has 0 bridgehead atoms. The van der Waals surface area contributed by atoms with Crippen molar-refractivity contribution in [2.75, 3.05) is 0 Å². The molecule has 0 radical (unpaired) electrons. The molecule has 0 saturated carbocycles. The monoisotopic (exact) mass is 215 g/mol. The Hall–Kier alpha value is -2.21. The minimum absolute atomic E-state index is 0.108. The van der Waals surface area contributed by atoms with E-state index in [-0.39, 0.29) is 11.1 Å². The minimum Gasteiger partial charge on any atom is -0.204 e. The predicted molar refractivity (Wildman–Crippen MR) is 56.5 cm³/mol. The van der Waals surface area contributed by atoms with Crippen LogP contribution in [0.2, 0.25) is 0 Å². The van der Waals surface area contributed by atoms with E-state index in [0.717, 1.165) is 6.07 Å². The molecule has 78 valence electrons. The van der Waals surface area contributed by atoms with Crippen molar-refractivity contribution in [1.82, 2.24) is 0 Å². The van der Waals surface area contributed by atoms with Gasteiger partial charge in [-0.1, -0.05) is 30.3 Å². The SMILES string of the molecule is N#Cc1cc(F)c(F)c(-c2ccccc2)c1. The molecule has 3 heteroatoms. The summed E-state index contributed by atoms with van der Waals surface area (Å²) in [6.45, 7) is 0. The topological polar surface area (TPSA) is 23.8 Å². The number of nitriles is 1. The van der Waals surface area contributed by atoms with Gasteiger partial charge in [0.05, 0.1) is 11.6 Å². The fourth-order valence-corrected chi connectivity index (χ4v) is 1.48. The number of rotatable bonds is 1. The molecule has 0 amide bonds. The van der Waals surface area contributed by atoms with Crippen LogP contribution in [0.4, 0.5) is 8.78 Å². The minimum atomic E-state index is -1.00. The maximum absolute atomic E-state index is 13.5. The lowest BCUT2D eigenvalue weighted by molar-refractivity contribution is 0.511. The van der Waals surface area contributed by atoms with Gasteiger partial charge >= 0.3 is 0 Å². The molecule has 2 aromatic carbocycles. The highest BCUT2D eigenvalue weighted by atomic mass is 19.2. The van der Waals surface area contributed by atoms with Gasteiger partial charge in [-0.25, -0.2) is 8.78 Å². The lowest BCUT2D eigenvalue weighted by Gasteiger charge is -2.04. The first-order valence-electron chi connectivity index (χ1n) is 4.67. The fourth-order valence-electron chi connectivity index (χ4n) is 1.48. The Morgan fingerprint density at radius 1 is 1.00 bits per heavy atom. The molecule has 0 aliphatic carbocycles. The second-order valence-corrected chi connectivity index (χ2v) is 3.30. The van der Waals surface area contributed by atoms with Crippen LogP contribution in [0.1, 0.15) is 5.56 Å². The Morgan fingerprint density at radius 2 is 1.69 bits per heavy atom. The first-order valence-corrected chi connectivity index (χ1v) is 4.67. The molecule has 0 fully saturated rings. The van der Waals surface area contributed by atoms with Crippen molar-refractivity contribution in [3.63, 3.8) is 0 Å². The van der Waals surface area contributed by atoms with E-state index in [9.17, 15) is 8.78 Å². The largest absolute Gasteiger partial charge is 0.204 e. The van der Waals surface area contributed by atoms with E-state index in [1.807, 2.05) is 0 Å². The average Bonchev–Trinajstić information content (AvgIpc) is 2.33. The van der Waals surface area contributed by atoms with E-state index in [2.05, 4.69) is 0 Å². The van der Waals surface area contributed by atoms with Crippen molar-refractivity contribution in [2.45, 2.75) is 0 Å². The third kappa shape index (κ3) is 1.78. The molecule has 0 aromatic heterocycles. The van der Waals surface area contributed by atoms with Gasteiger partial charge in [0.1, 0.15) is 0 Å². The van der Waals surface area contributed by atoms with E-state index in [4.69, 9.17) is 5.26 Å². The molecule has 0 atom stereocenters. The van der Waals surface area contributed by atoms with Gasteiger partial charge in [0.15, 0.2) is 11.6 Å². The Bertz CT molecular complexity index is 556. The Morgan fingerprint density at radius 3 is 2.31 bits per heavy atom. The van der Waals surface area contributed by atoms with Crippen LogP contribution in [0.3, 0.4) is 0 Å². The number of hydrogen-bond donors (Lipinski definition) is 0. The zero-order chi connectivity index (χ0) is 11.5. The summed E-state index contributed by atoms with van der Waals surface area (Å²) in [5.74, 6) is -1.93. The van der Waals surface area contributed by atoms with Crippen LogP contribution in [0.5, 0.6) is 0 Å². The molecular formula is C13H7F2N. The van der Waals surface area contributed by atoms with Gasteiger partial charge < -0.3 is 0 Å². The molecule has 0 heterocycles. The summed E-state index contributed by atoms with van der Waals surface area (Å²) < 4.78 is 26.7. The van der Waals surface area contributed by atoms with E-state index < -0.39 is 11.6 Å². The molecule has 0 spiro atoms. The van der Waals surface area contributed by atoms with Crippen molar-refractivity contribution in [2.24, 2.45) is 0 Å². The molecule has 1 nitrogen and oxygen atoms in total. The van der Waals surface area contributed by atoms with Gasteiger partial charge in [0, 0.05) is 5.56 Å². The summed E-state index contributed by atoms with van der Waals surface area (Å²) in [7, 11) is 0. The van der Waals surface area contributed by atoms with Crippen molar-refractivity contribution < 1.29 is 8.78 Å². The van der Waals surface area contributed by atoms with Gasteiger partial charge in [0.2, 0.25) is 0 Å². The van der Waals surface area contributed by atoms with Crippen LogP contribution < -0.4 is 0 Å². The fraction of sp³-hybridized carbons (Fsp3) is 0. The Balaban J connectivity index is 2.66. The first kappa shape index (κ1) is 10.3. The standard InChI is InChI=1S/C13H7F2N/c14-12-7-9(8-16)6-11(13(12)15)10-4-2-1-3-5-10/h1-7H. The van der Waals surface area contributed by atoms with Crippen LogP contribution in [0.15, 0.2) is 42.5 Å². The summed E-state index contributed by atoms with van der Waals surface area (Å²) in [4.78, 5) is 0. The molecule has 0 aliphatic heterocycles. The summed E-state index contributed by atoms with van der Waals surface area (Å²) in [5.41, 5.74) is 0.769. The average molecular weight is 215 g/mol. The van der Waals surface area contributed by atoms with Crippen molar-refractivity contribution in [3.05, 3.63) is 59.7 Å². The highest BCUT2D eigenvalue weighted by Crippen LogP contribution is 2.25. The second-order valence-electron chi connectivity index (χ2n) is 3.30. The normalized spacial score (nSPS) is 9.81. The van der Waals surface area contributed by atoms with Crippen molar-refractivity contribution in [3.8, 4) is 17.2 Å². The number of nitrogens with zero attached hydrogens (tertiary/aromatic N) is 1.